The van der Waals surface area contributed by atoms with Crippen LogP contribution >= 0.6 is 0 Å². The van der Waals surface area contributed by atoms with Gasteiger partial charge in [-0.2, -0.15) is 0 Å². The van der Waals surface area contributed by atoms with E-state index in [1.807, 2.05) is 0 Å². The second-order valence-corrected chi connectivity index (χ2v) is 9.97. The largest absolute Gasteiger partial charge is 0.459 e. The molecule has 39 heavy (non-hydrogen) atoms. The van der Waals surface area contributed by atoms with Crippen LogP contribution in [-0.4, -0.2) is 24.0 Å². The first-order valence-corrected chi connectivity index (χ1v) is 14.4. The van der Waals surface area contributed by atoms with E-state index in [0.717, 1.165) is 57.4 Å². The Balaban J connectivity index is 1.80. The van der Waals surface area contributed by atoms with Gasteiger partial charge in [0.05, 0.1) is 17.2 Å². The van der Waals surface area contributed by atoms with Gasteiger partial charge in [-0.05, 0) is 62.6 Å². The number of halogens is 1. The predicted octanol–water partition coefficient (Wildman–Crippen LogP) is 8.61. The van der Waals surface area contributed by atoms with Gasteiger partial charge >= 0.3 is 17.9 Å². The summed E-state index contributed by atoms with van der Waals surface area (Å²) in [6.45, 7) is 6.10. The molecule has 2 aromatic rings. The van der Waals surface area contributed by atoms with Crippen LogP contribution in [0.25, 0.3) is 0 Å². The molecule has 0 aliphatic heterocycles. The van der Waals surface area contributed by atoms with Gasteiger partial charge in [0, 0.05) is 12.5 Å². The molecule has 0 fully saturated rings. The van der Waals surface area contributed by atoms with Crippen LogP contribution in [0.2, 0.25) is 0 Å². The topological polar surface area (TPSA) is 78.9 Å². The quantitative estimate of drug-likeness (QED) is 0.107. The number of hydrogen-bond donors (Lipinski definition) is 0. The van der Waals surface area contributed by atoms with E-state index < -0.39 is 17.8 Å². The van der Waals surface area contributed by atoms with Crippen molar-refractivity contribution in [3.8, 4) is 11.5 Å². The van der Waals surface area contributed by atoms with Crippen LogP contribution < -0.4 is 9.47 Å². The summed E-state index contributed by atoms with van der Waals surface area (Å²) in [5, 5.41) is 0. The summed E-state index contributed by atoms with van der Waals surface area (Å²) in [5.41, 5.74) is 0.000500. The SMILES string of the molecule is CCCCCCCCCC(=O)Oc1ccc(C(=O)Oc2ccc(C(=O)OC(C)CCCCCC)c(F)c2)cc1. The average molecular weight is 543 g/mol. The zero-order chi connectivity index (χ0) is 28.5. The minimum Gasteiger partial charge on any atom is -0.459 e. The van der Waals surface area contributed by atoms with Gasteiger partial charge < -0.3 is 14.2 Å². The third-order valence-corrected chi connectivity index (χ3v) is 6.45. The smallest absolute Gasteiger partial charge is 0.343 e. The van der Waals surface area contributed by atoms with E-state index in [2.05, 4.69) is 13.8 Å². The van der Waals surface area contributed by atoms with Gasteiger partial charge in [-0.15, -0.1) is 0 Å². The first-order chi connectivity index (χ1) is 18.8. The fourth-order valence-electron chi connectivity index (χ4n) is 4.12. The van der Waals surface area contributed by atoms with E-state index in [0.29, 0.717) is 12.2 Å². The van der Waals surface area contributed by atoms with Crippen LogP contribution in [0.15, 0.2) is 42.5 Å². The average Bonchev–Trinajstić information content (AvgIpc) is 2.91. The third kappa shape index (κ3) is 12.5. The highest BCUT2D eigenvalue weighted by Crippen LogP contribution is 2.21. The molecule has 0 radical (unpaired) electrons. The highest BCUT2D eigenvalue weighted by Gasteiger charge is 2.18. The van der Waals surface area contributed by atoms with Gasteiger partial charge in [0.1, 0.15) is 17.3 Å². The second-order valence-electron chi connectivity index (χ2n) is 9.97. The molecule has 0 spiro atoms. The highest BCUT2D eigenvalue weighted by molar-refractivity contribution is 5.92. The Kier molecular flexibility index (Phi) is 14.9. The molecule has 0 heterocycles. The minimum absolute atomic E-state index is 0.0353. The molecule has 0 aromatic heterocycles. The van der Waals surface area contributed by atoms with Crippen molar-refractivity contribution in [2.75, 3.05) is 0 Å². The van der Waals surface area contributed by atoms with Crippen molar-refractivity contribution in [1.29, 1.82) is 0 Å². The zero-order valence-electron chi connectivity index (χ0n) is 23.6. The van der Waals surface area contributed by atoms with E-state index >= 15 is 0 Å². The lowest BCUT2D eigenvalue weighted by atomic mass is 10.1. The summed E-state index contributed by atoms with van der Waals surface area (Å²) in [5.74, 6) is -2.28. The van der Waals surface area contributed by atoms with Gasteiger partial charge in [-0.1, -0.05) is 71.6 Å². The van der Waals surface area contributed by atoms with Gasteiger partial charge in [-0.25, -0.2) is 14.0 Å². The van der Waals surface area contributed by atoms with Crippen molar-refractivity contribution < 1.29 is 33.0 Å². The van der Waals surface area contributed by atoms with Crippen LogP contribution in [0.5, 0.6) is 11.5 Å². The summed E-state index contributed by atoms with van der Waals surface area (Å²) in [7, 11) is 0. The third-order valence-electron chi connectivity index (χ3n) is 6.45. The van der Waals surface area contributed by atoms with Gasteiger partial charge in [0.25, 0.3) is 0 Å². The number of rotatable bonds is 18. The number of carbonyl (C=O) groups excluding carboxylic acids is 3. The molecule has 7 heteroatoms. The van der Waals surface area contributed by atoms with E-state index in [1.54, 1.807) is 6.92 Å². The molecule has 1 unspecified atom stereocenters. The first kappa shape index (κ1) is 32.0. The van der Waals surface area contributed by atoms with E-state index in [4.69, 9.17) is 14.2 Å². The number of unbranched alkanes of at least 4 members (excludes halogenated alkanes) is 9. The van der Waals surface area contributed by atoms with Crippen molar-refractivity contribution >= 4 is 17.9 Å². The van der Waals surface area contributed by atoms with Crippen molar-refractivity contribution in [2.45, 2.75) is 110 Å². The lowest BCUT2D eigenvalue weighted by Gasteiger charge is -2.14. The Hall–Kier alpha value is -3.22. The molecular formula is C32H43FO6. The maximum atomic E-state index is 14.6. The maximum Gasteiger partial charge on any atom is 0.343 e. The second kappa shape index (κ2) is 18.1. The molecule has 0 saturated heterocycles. The fourth-order valence-corrected chi connectivity index (χ4v) is 4.12. The summed E-state index contributed by atoms with van der Waals surface area (Å²) in [4.78, 5) is 36.9. The highest BCUT2D eigenvalue weighted by atomic mass is 19.1. The number of hydrogen-bond acceptors (Lipinski definition) is 6. The zero-order valence-corrected chi connectivity index (χ0v) is 23.6. The molecule has 2 aromatic carbocycles. The number of benzene rings is 2. The molecular weight excluding hydrogens is 499 g/mol. The number of carbonyl (C=O) groups is 3. The van der Waals surface area contributed by atoms with Crippen LogP contribution in [0, 0.1) is 5.82 Å². The minimum atomic E-state index is -0.827. The molecule has 0 amide bonds. The lowest BCUT2D eigenvalue weighted by molar-refractivity contribution is -0.134. The Morgan fingerprint density at radius 1 is 0.718 bits per heavy atom. The molecule has 0 aliphatic carbocycles. The molecule has 214 valence electrons. The number of esters is 3. The predicted molar refractivity (Wildman–Crippen MR) is 150 cm³/mol. The Labute approximate surface area is 232 Å². The standard InChI is InChI=1S/C32H43FO6/c1-4-6-8-10-11-12-14-16-30(34)38-26-19-17-25(18-20-26)31(35)39-27-21-22-28(29(33)23-27)32(36)37-24(3)15-13-9-7-5-2/h17-24H,4-16H2,1-3H3. The Bertz CT molecular complexity index is 1030. The maximum absolute atomic E-state index is 14.6. The van der Waals surface area contributed by atoms with E-state index in [1.165, 1.54) is 62.1 Å². The molecule has 0 aliphatic rings. The summed E-state index contributed by atoms with van der Waals surface area (Å²) in [6, 6.07) is 9.57. The van der Waals surface area contributed by atoms with Crippen molar-refractivity contribution in [1.82, 2.24) is 0 Å². The summed E-state index contributed by atoms with van der Waals surface area (Å²) >= 11 is 0. The molecule has 1 atom stereocenters. The van der Waals surface area contributed by atoms with Crippen molar-refractivity contribution in [3.63, 3.8) is 0 Å². The lowest BCUT2D eigenvalue weighted by Crippen LogP contribution is -2.16. The van der Waals surface area contributed by atoms with Crippen LogP contribution in [0.4, 0.5) is 4.39 Å². The fraction of sp³-hybridized carbons (Fsp3) is 0.531. The molecule has 0 bridgehead atoms. The van der Waals surface area contributed by atoms with Gasteiger partial charge in [-0.3, -0.25) is 4.79 Å². The van der Waals surface area contributed by atoms with Crippen LogP contribution in [0.3, 0.4) is 0 Å². The Morgan fingerprint density at radius 3 is 1.95 bits per heavy atom. The Morgan fingerprint density at radius 2 is 1.31 bits per heavy atom. The molecule has 0 saturated carbocycles. The normalized spacial score (nSPS) is 11.6. The van der Waals surface area contributed by atoms with Crippen molar-refractivity contribution in [2.24, 2.45) is 0 Å². The van der Waals surface area contributed by atoms with E-state index in [9.17, 15) is 18.8 Å². The monoisotopic (exact) mass is 542 g/mol. The summed E-state index contributed by atoms with van der Waals surface area (Å²) < 4.78 is 30.5. The number of ether oxygens (including phenoxy) is 3. The first-order valence-electron chi connectivity index (χ1n) is 14.4. The van der Waals surface area contributed by atoms with Gasteiger partial charge in [0.15, 0.2) is 0 Å². The summed E-state index contributed by atoms with van der Waals surface area (Å²) in [6.07, 6.45) is 12.9. The molecule has 0 N–H and O–H groups in total. The molecule has 6 nitrogen and oxygen atoms in total. The van der Waals surface area contributed by atoms with Crippen LogP contribution in [-0.2, 0) is 9.53 Å². The van der Waals surface area contributed by atoms with Crippen molar-refractivity contribution in [3.05, 3.63) is 59.4 Å². The van der Waals surface area contributed by atoms with Gasteiger partial charge in [0.2, 0.25) is 0 Å². The van der Waals surface area contributed by atoms with E-state index in [-0.39, 0.29) is 28.9 Å². The van der Waals surface area contributed by atoms with Crippen LogP contribution in [0.1, 0.15) is 125 Å². The molecule has 2 rings (SSSR count).